The number of carbonyl (C=O) groups excluding carboxylic acids is 1. The average Bonchev–Trinajstić information content (AvgIpc) is 2.33. The lowest BCUT2D eigenvalue weighted by Gasteiger charge is -2.18. The number of hydrogen-bond acceptors (Lipinski definition) is 2. The van der Waals surface area contributed by atoms with Crippen molar-refractivity contribution >= 4 is 17.8 Å². The Morgan fingerprint density at radius 2 is 1.68 bits per heavy atom. The fourth-order valence-corrected chi connectivity index (χ4v) is 1.60. The van der Waals surface area contributed by atoms with E-state index in [0.717, 1.165) is 5.56 Å². The van der Waals surface area contributed by atoms with Crippen molar-refractivity contribution in [1.82, 2.24) is 0 Å². The number of carboxylic acid groups (broad SMARTS) is 1. The minimum absolute atomic E-state index is 0.0475. The maximum absolute atomic E-state index is 11.4. The van der Waals surface area contributed by atoms with E-state index in [9.17, 15) is 9.59 Å². The van der Waals surface area contributed by atoms with E-state index in [4.69, 9.17) is 5.11 Å². The number of benzene rings is 1. The Bertz CT molecular complexity index is 476. The van der Waals surface area contributed by atoms with Gasteiger partial charge in [0.25, 0.3) is 0 Å². The van der Waals surface area contributed by atoms with Gasteiger partial charge in [0.2, 0.25) is 0 Å². The number of ketones is 1. The Morgan fingerprint density at radius 3 is 2.16 bits per heavy atom. The predicted molar refractivity (Wildman–Crippen MR) is 76.1 cm³/mol. The average molecular weight is 260 g/mol. The van der Waals surface area contributed by atoms with Crippen molar-refractivity contribution in [3.05, 3.63) is 41.5 Å². The van der Waals surface area contributed by atoms with Gasteiger partial charge < -0.3 is 5.11 Å². The van der Waals surface area contributed by atoms with E-state index in [0.29, 0.717) is 0 Å². The molecule has 0 fully saturated rings. The summed E-state index contributed by atoms with van der Waals surface area (Å²) in [6, 6.07) is 8.01. The number of aliphatic carboxylic acids is 1. The van der Waals surface area contributed by atoms with Crippen molar-refractivity contribution in [3.63, 3.8) is 0 Å². The van der Waals surface area contributed by atoms with E-state index in [1.165, 1.54) is 11.6 Å². The lowest BCUT2D eigenvalue weighted by molar-refractivity contribution is -0.138. The number of hydrogen-bond donors (Lipinski definition) is 1. The third-order valence-corrected chi connectivity index (χ3v) is 2.82. The first-order chi connectivity index (χ1) is 8.79. The normalized spacial score (nSPS) is 11.7. The summed E-state index contributed by atoms with van der Waals surface area (Å²) in [6.07, 6.45) is 3.09. The standard InChI is InChI=1S/C16H20O3/c1-16(2,3)13-7-4-12(5-8-13)6-9-14(17)10-11-15(18)19/h4-9H,10-11H2,1-3H3,(H,18,19)/b9-6+. The van der Waals surface area contributed by atoms with E-state index < -0.39 is 5.97 Å². The van der Waals surface area contributed by atoms with Crippen LogP contribution in [0.4, 0.5) is 0 Å². The van der Waals surface area contributed by atoms with Gasteiger partial charge in [-0.05, 0) is 22.6 Å². The van der Waals surface area contributed by atoms with Crippen LogP contribution in [-0.4, -0.2) is 16.9 Å². The monoisotopic (exact) mass is 260 g/mol. The summed E-state index contributed by atoms with van der Waals surface area (Å²) in [6.45, 7) is 6.44. The van der Waals surface area contributed by atoms with Gasteiger partial charge in [0.05, 0.1) is 6.42 Å². The molecule has 0 aliphatic carbocycles. The minimum atomic E-state index is -0.948. The third-order valence-electron chi connectivity index (χ3n) is 2.82. The molecule has 19 heavy (non-hydrogen) atoms. The molecule has 0 aromatic heterocycles. The largest absolute Gasteiger partial charge is 0.481 e. The minimum Gasteiger partial charge on any atom is -0.481 e. The molecule has 0 aliphatic heterocycles. The molecule has 1 aromatic carbocycles. The van der Waals surface area contributed by atoms with Crippen LogP contribution in [0.3, 0.4) is 0 Å². The molecule has 1 N–H and O–H groups in total. The quantitative estimate of drug-likeness (QED) is 0.825. The maximum Gasteiger partial charge on any atom is 0.303 e. The van der Waals surface area contributed by atoms with Crippen LogP contribution in [-0.2, 0) is 15.0 Å². The summed E-state index contributed by atoms with van der Waals surface area (Å²) in [5, 5.41) is 8.48. The molecule has 0 atom stereocenters. The summed E-state index contributed by atoms with van der Waals surface area (Å²) in [5.41, 5.74) is 2.29. The molecule has 1 aromatic rings. The Hall–Kier alpha value is -1.90. The number of carbonyl (C=O) groups is 2. The van der Waals surface area contributed by atoms with Crippen LogP contribution in [0.25, 0.3) is 6.08 Å². The zero-order valence-corrected chi connectivity index (χ0v) is 11.6. The molecule has 0 unspecified atom stereocenters. The van der Waals surface area contributed by atoms with E-state index >= 15 is 0 Å². The molecule has 0 radical (unpaired) electrons. The van der Waals surface area contributed by atoms with Crippen LogP contribution in [0.2, 0.25) is 0 Å². The molecule has 0 saturated carbocycles. The van der Waals surface area contributed by atoms with E-state index in [1.807, 2.05) is 24.3 Å². The van der Waals surface area contributed by atoms with Crippen molar-refractivity contribution in [1.29, 1.82) is 0 Å². The fraction of sp³-hybridized carbons (Fsp3) is 0.375. The first-order valence-electron chi connectivity index (χ1n) is 6.32. The van der Waals surface area contributed by atoms with Crippen molar-refractivity contribution in [2.45, 2.75) is 39.0 Å². The van der Waals surface area contributed by atoms with Gasteiger partial charge in [0, 0.05) is 6.42 Å². The maximum atomic E-state index is 11.4. The third kappa shape index (κ3) is 5.51. The molecule has 0 heterocycles. The number of allylic oxidation sites excluding steroid dienone is 1. The molecule has 0 saturated heterocycles. The van der Waals surface area contributed by atoms with Crippen LogP contribution in [0.1, 0.15) is 44.7 Å². The summed E-state index contributed by atoms with van der Waals surface area (Å²) in [7, 11) is 0. The zero-order chi connectivity index (χ0) is 14.5. The molecule has 0 spiro atoms. The summed E-state index contributed by atoms with van der Waals surface area (Å²) in [5.74, 6) is -1.11. The predicted octanol–water partition coefficient (Wildman–Crippen LogP) is 3.43. The van der Waals surface area contributed by atoms with Gasteiger partial charge >= 0.3 is 5.97 Å². The van der Waals surface area contributed by atoms with Crippen LogP contribution in [0, 0.1) is 0 Å². The van der Waals surface area contributed by atoms with Crippen molar-refractivity contribution in [2.75, 3.05) is 0 Å². The van der Waals surface area contributed by atoms with Crippen LogP contribution in [0.15, 0.2) is 30.3 Å². The second-order valence-electron chi connectivity index (χ2n) is 5.57. The summed E-state index contributed by atoms with van der Waals surface area (Å²) in [4.78, 5) is 21.7. The molecule has 0 bridgehead atoms. The van der Waals surface area contributed by atoms with Gasteiger partial charge in [-0.25, -0.2) is 0 Å². The molecular formula is C16H20O3. The van der Waals surface area contributed by atoms with Gasteiger partial charge in [-0.2, -0.15) is 0 Å². The van der Waals surface area contributed by atoms with Crippen LogP contribution >= 0.6 is 0 Å². The number of carboxylic acids is 1. The molecule has 0 aliphatic rings. The highest BCUT2D eigenvalue weighted by atomic mass is 16.4. The first-order valence-corrected chi connectivity index (χ1v) is 6.32. The highest BCUT2D eigenvalue weighted by molar-refractivity contribution is 5.95. The van der Waals surface area contributed by atoms with Gasteiger partial charge in [0.1, 0.15) is 0 Å². The second-order valence-corrected chi connectivity index (χ2v) is 5.57. The molecular weight excluding hydrogens is 240 g/mol. The van der Waals surface area contributed by atoms with Crippen LogP contribution < -0.4 is 0 Å². The molecule has 3 heteroatoms. The Morgan fingerprint density at radius 1 is 1.11 bits per heavy atom. The fourth-order valence-electron chi connectivity index (χ4n) is 1.60. The Labute approximate surface area is 114 Å². The van der Waals surface area contributed by atoms with Gasteiger partial charge in [-0.15, -0.1) is 0 Å². The lowest BCUT2D eigenvalue weighted by Crippen LogP contribution is -2.10. The SMILES string of the molecule is CC(C)(C)c1ccc(/C=C/C(=O)CCC(=O)O)cc1. The van der Waals surface area contributed by atoms with E-state index in [1.54, 1.807) is 6.08 Å². The first kappa shape index (κ1) is 15.2. The van der Waals surface area contributed by atoms with Gasteiger partial charge in [-0.3, -0.25) is 9.59 Å². The number of rotatable bonds is 5. The van der Waals surface area contributed by atoms with E-state index in [2.05, 4.69) is 20.8 Å². The Balaban J connectivity index is 2.63. The lowest BCUT2D eigenvalue weighted by atomic mass is 9.87. The Kier molecular flexibility index (Phi) is 5.04. The topological polar surface area (TPSA) is 54.4 Å². The molecule has 102 valence electrons. The molecule has 3 nitrogen and oxygen atoms in total. The summed E-state index contributed by atoms with van der Waals surface area (Å²) >= 11 is 0. The highest BCUT2D eigenvalue weighted by Crippen LogP contribution is 2.22. The second kappa shape index (κ2) is 6.32. The molecule has 1 rings (SSSR count). The smallest absolute Gasteiger partial charge is 0.303 e. The zero-order valence-electron chi connectivity index (χ0n) is 11.6. The van der Waals surface area contributed by atoms with Crippen LogP contribution in [0.5, 0.6) is 0 Å². The van der Waals surface area contributed by atoms with Gasteiger partial charge in [-0.1, -0.05) is 51.1 Å². The van der Waals surface area contributed by atoms with Gasteiger partial charge in [0.15, 0.2) is 5.78 Å². The van der Waals surface area contributed by atoms with Crippen molar-refractivity contribution in [3.8, 4) is 0 Å². The molecule has 0 amide bonds. The van der Waals surface area contributed by atoms with Crippen molar-refractivity contribution < 1.29 is 14.7 Å². The van der Waals surface area contributed by atoms with E-state index in [-0.39, 0.29) is 24.0 Å². The highest BCUT2D eigenvalue weighted by Gasteiger charge is 2.12. The summed E-state index contributed by atoms with van der Waals surface area (Å²) < 4.78 is 0. The van der Waals surface area contributed by atoms with Crippen molar-refractivity contribution in [2.24, 2.45) is 0 Å².